The monoisotopic (exact) mass is 157 g/mol. The molecule has 0 bridgehead atoms. The highest BCUT2D eigenvalue weighted by atomic mass is 16.5. The van der Waals surface area contributed by atoms with Gasteiger partial charge in [0.25, 0.3) is 0 Å². The summed E-state index contributed by atoms with van der Waals surface area (Å²) in [6.45, 7) is 2.59. The van der Waals surface area contributed by atoms with Gasteiger partial charge in [0.1, 0.15) is 0 Å². The van der Waals surface area contributed by atoms with Crippen LogP contribution < -0.4 is 5.32 Å². The van der Waals surface area contributed by atoms with Crippen molar-refractivity contribution in [1.82, 2.24) is 5.32 Å². The van der Waals surface area contributed by atoms with E-state index in [1.807, 2.05) is 7.05 Å². The molecule has 0 aliphatic carbocycles. The van der Waals surface area contributed by atoms with Gasteiger partial charge in [-0.05, 0) is 7.05 Å². The van der Waals surface area contributed by atoms with Crippen molar-refractivity contribution in [2.24, 2.45) is 0 Å². The van der Waals surface area contributed by atoms with Gasteiger partial charge < -0.3 is 14.8 Å². The molecular weight excluding hydrogens is 142 g/mol. The molecule has 2 saturated heterocycles. The Morgan fingerprint density at radius 3 is 2.55 bits per heavy atom. The van der Waals surface area contributed by atoms with Crippen LogP contribution in [0.1, 0.15) is 12.8 Å². The molecule has 64 valence electrons. The molecule has 2 fully saturated rings. The van der Waals surface area contributed by atoms with E-state index in [2.05, 4.69) is 5.32 Å². The predicted molar refractivity (Wildman–Crippen MR) is 41.6 cm³/mol. The lowest BCUT2D eigenvalue weighted by Crippen LogP contribution is -2.65. The Kier molecular flexibility index (Phi) is 1.87. The van der Waals surface area contributed by atoms with Crippen LogP contribution in [-0.2, 0) is 9.47 Å². The molecule has 0 aromatic rings. The summed E-state index contributed by atoms with van der Waals surface area (Å²) in [5.41, 5.74) is 0.132. The summed E-state index contributed by atoms with van der Waals surface area (Å²) >= 11 is 0. The van der Waals surface area contributed by atoms with Gasteiger partial charge in [0, 0.05) is 26.1 Å². The number of ether oxygens (including phenoxy) is 2. The number of likely N-dealkylation sites (N-methyl/N-ethyl adjacent to an activating group) is 1. The molecule has 0 aromatic carbocycles. The highest BCUT2D eigenvalue weighted by molar-refractivity contribution is 5.01. The molecule has 0 amide bonds. The minimum Gasteiger partial charge on any atom is -0.381 e. The minimum atomic E-state index is 0.132. The van der Waals surface area contributed by atoms with Crippen LogP contribution in [0.4, 0.5) is 0 Å². The molecule has 2 aliphatic heterocycles. The van der Waals surface area contributed by atoms with Crippen LogP contribution in [0.15, 0.2) is 0 Å². The Labute approximate surface area is 67.1 Å². The van der Waals surface area contributed by atoms with Crippen LogP contribution in [0, 0.1) is 0 Å². The second-order valence-electron chi connectivity index (χ2n) is 3.33. The zero-order valence-electron chi connectivity index (χ0n) is 6.93. The largest absolute Gasteiger partial charge is 0.381 e. The molecule has 1 atom stereocenters. The maximum Gasteiger partial charge on any atom is 0.0901 e. The van der Waals surface area contributed by atoms with Crippen LogP contribution in [0.2, 0.25) is 0 Å². The summed E-state index contributed by atoms with van der Waals surface area (Å²) in [4.78, 5) is 0. The summed E-state index contributed by atoms with van der Waals surface area (Å²) < 4.78 is 10.9. The van der Waals surface area contributed by atoms with Gasteiger partial charge >= 0.3 is 0 Å². The molecular formula is C8H15NO2. The first-order valence-electron chi connectivity index (χ1n) is 4.26. The number of hydrogen-bond donors (Lipinski definition) is 1. The van der Waals surface area contributed by atoms with Crippen molar-refractivity contribution in [3.63, 3.8) is 0 Å². The van der Waals surface area contributed by atoms with E-state index in [9.17, 15) is 0 Å². The Bertz CT molecular complexity index is 141. The second-order valence-corrected chi connectivity index (χ2v) is 3.33. The molecule has 2 rings (SSSR count). The molecule has 3 nitrogen and oxygen atoms in total. The van der Waals surface area contributed by atoms with Gasteiger partial charge in [-0.25, -0.2) is 0 Å². The first-order valence-corrected chi connectivity index (χ1v) is 4.26. The SMILES string of the molecule is CNC1COC12CCOCC2. The van der Waals surface area contributed by atoms with Crippen LogP contribution >= 0.6 is 0 Å². The van der Waals surface area contributed by atoms with E-state index in [1.165, 1.54) is 0 Å². The zero-order valence-corrected chi connectivity index (χ0v) is 6.93. The number of hydrogen-bond acceptors (Lipinski definition) is 3. The Morgan fingerprint density at radius 2 is 2.09 bits per heavy atom. The molecule has 1 spiro atoms. The van der Waals surface area contributed by atoms with E-state index < -0.39 is 0 Å². The first-order chi connectivity index (χ1) is 5.37. The average Bonchev–Trinajstić information content (AvgIpc) is 2.05. The van der Waals surface area contributed by atoms with Crippen molar-refractivity contribution in [2.75, 3.05) is 26.9 Å². The van der Waals surface area contributed by atoms with Crippen molar-refractivity contribution >= 4 is 0 Å². The van der Waals surface area contributed by atoms with Crippen LogP contribution in [0.25, 0.3) is 0 Å². The van der Waals surface area contributed by atoms with Crippen molar-refractivity contribution < 1.29 is 9.47 Å². The maximum atomic E-state index is 5.62. The van der Waals surface area contributed by atoms with Crippen molar-refractivity contribution in [1.29, 1.82) is 0 Å². The minimum absolute atomic E-state index is 0.132. The molecule has 2 heterocycles. The van der Waals surface area contributed by atoms with Crippen molar-refractivity contribution in [2.45, 2.75) is 24.5 Å². The second kappa shape index (κ2) is 2.73. The van der Waals surface area contributed by atoms with E-state index >= 15 is 0 Å². The summed E-state index contributed by atoms with van der Waals surface area (Å²) in [6, 6.07) is 0.561. The molecule has 2 aliphatic rings. The Balaban J connectivity index is 1.97. The Hall–Kier alpha value is -0.120. The van der Waals surface area contributed by atoms with Gasteiger partial charge in [0.05, 0.1) is 18.2 Å². The smallest absolute Gasteiger partial charge is 0.0901 e. The summed E-state index contributed by atoms with van der Waals surface area (Å²) in [7, 11) is 2.00. The van der Waals surface area contributed by atoms with Crippen LogP contribution in [-0.4, -0.2) is 38.5 Å². The molecule has 1 N–H and O–H groups in total. The zero-order chi connectivity index (χ0) is 7.73. The van der Waals surface area contributed by atoms with E-state index in [-0.39, 0.29) is 5.60 Å². The third-order valence-corrected chi connectivity index (χ3v) is 2.86. The van der Waals surface area contributed by atoms with E-state index in [0.717, 1.165) is 32.7 Å². The highest BCUT2D eigenvalue weighted by Gasteiger charge is 2.48. The normalized spacial score (nSPS) is 35.2. The van der Waals surface area contributed by atoms with E-state index in [4.69, 9.17) is 9.47 Å². The number of rotatable bonds is 1. The fourth-order valence-electron chi connectivity index (χ4n) is 1.96. The van der Waals surface area contributed by atoms with Gasteiger partial charge in [0.2, 0.25) is 0 Å². The van der Waals surface area contributed by atoms with E-state index in [0.29, 0.717) is 6.04 Å². The first kappa shape index (κ1) is 7.53. The number of nitrogens with one attached hydrogen (secondary N) is 1. The lowest BCUT2D eigenvalue weighted by atomic mass is 9.82. The predicted octanol–water partition coefficient (Wildman–Crippen LogP) is 0.154. The Morgan fingerprint density at radius 1 is 1.36 bits per heavy atom. The fraction of sp³-hybridized carbons (Fsp3) is 1.00. The van der Waals surface area contributed by atoms with Gasteiger partial charge in [-0.1, -0.05) is 0 Å². The van der Waals surface area contributed by atoms with Gasteiger partial charge in [-0.3, -0.25) is 0 Å². The maximum absolute atomic E-state index is 5.62. The van der Waals surface area contributed by atoms with Crippen molar-refractivity contribution in [3.05, 3.63) is 0 Å². The topological polar surface area (TPSA) is 30.5 Å². The quantitative estimate of drug-likeness (QED) is 0.588. The highest BCUT2D eigenvalue weighted by Crippen LogP contribution is 2.36. The third kappa shape index (κ3) is 1.08. The van der Waals surface area contributed by atoms with Crippen molar-refractivity contribution in [3.8, 4) is 0 Å². The lowest BCUT2D eigenvalue weighted by molar-refractivity contribution is -0.212. The molecule has 0 radical (unpaired) electrons. The molecule has 11 heavy (non-hydrogen) atoms. The summed E-state index contributed by atoms with van der Waals surface area (Å²) in [6.07, 6.45) is 2.11. The van der Waals surface area contributed by atoms with E-state index in [1.54, 1.807) is 0 Å². The van der Waals surface area contributed by atoms with Gasteiger partial charge in [0.15, 0.2) is 0 Å². The van der Waals surface area contributed by atoms with Crippen LogP contribution in [0.3, 0.4) is 0 Å². The summed E-state index contributed by atoms with van der Waals surface area (Å²) in [5, 5.41) is 3.28. The lowest BCUT2D eigenvalue weighted by Gasteiger charge is -2.51. The van der Waals surface area contributed by atoms with Crippen LogP contribution in [0.5, 0.6) is 0 Å². The fourth-order valence-corrected chi connectivity index (χ4v) is 1.96. The molecule has 3 heteroatoms. The molecule has 1 unspecified atom stereocenters. The average molecular weight is 157 g/mol. The summed E-state index contributed by atoms with van der Waals surface area (Å²) in [5.74, 6) is 0. The van der Waals surface area contributed by atoms with Gasteiger partial charge in [-0.15, -0.1) is 0 Å². The molecule has 0 saturated carbocycles. The standard InChI is InChI=1S/C8H15NO2/c1-9-7-6-11-8(7)2-4-10-5-3-8/h7,9H,2-6H2,1H3. The third-order valence-electron chi connectivity index (χ3n) is 2.86. The van der Waals surface area contributed by atoms with Gasteiger partial charge in [-0.2, -0.15) is 0 Å². The molecule has 0 aromatic heterocycles.